The highest BCUT2D eigenvalue weighted by Crippen LogP contribution is 2.20. The SMILES string of the molecule is CC(CO)(NC(=O)Cc1cccc(Cl)c1)c1ccccc1. The van der Waals surface area contributed by atoms with Gasteiger partial charge in [0.15, 0.2) is 0 Å². The molecule has 0 fully saturated rings. The van der Waals surface area contributed by atoms with Crippen LogP contribution >= 0.6 is 11.6 Å². The molecule has 0 aliphatic carbocycles. The summed E-state index contributed by atoms with van der Waals surface area (Å²) in [6.45, 7) is 1.64. The highest BCUT2D eigenvalue weighted by Gasteiger charge is 2.27. The first kappa shape index (κ1) is 15.5. The normalized spacial score (nSPS) is 13.5. The minimum absolute atomic E-state index is 0.155. The van der Waals surface area contributed by atoms with Crippen LogP contribution in [-0.2, 0) is 16.8 Å². The molecule has 4 heteroatoms. The van der Waals surface area contributed by atoms with Crippen LogP contribution in [0.4, 0.5) is 0 Å². The summed E-state index contributed by atoms with van der Waals surface area (Å²) in [6.07, 6.45) is 0.225. The molecule has 0 bridgehead atoms. The third-order valence-electron chi connectivity index (χ3n) is 3.40. The van der Waals surface area contributed by atoms with Gasteiger partial charge in [-0.3, -0.25) is 4.79 Å². The van der Waals surface area contributed by atoms with Crippen molar-refractivity contribution in [3.8, 4) is 0 Å². The molecule has 0 radical (unpaired) electrons. The number of aliphatic hydroxyl groups excluding tert-OH is 1. The molecule has 3 nitrogen and oxygen atoms in total. The van der Waals surface area contributed by atoms with E-state index in [-0.39, 0.29) is 18.9 Å². The fourth-order valence-electron chi connectivity index (χ4n) is 2.19. The first-order chi connectivity index (χ1) is 10.0. The molecule has 110 valence electrons. The summed E-state index contributed by atoms with van der Waals surface area (Å²) in [7, 11) is 0. The molecular formula is C17H18ClNO2. The highest BCUT2D eigenvalue weighted by molar-refractivity contribution is 6.30. The Morgan fingerprint density at radius 2 is 1.90 bits per heavy atom. The second-order valence-electron chi connectivity index (χ2n) is 5.21. The van der Waals surface area contributed by atoms with E-state index in [0.717, 1.165) is 11.1 Å². The highest BCUT2D eigenvalue weighted by atomic mass is 35.5. The maximum atomic E-state index is 12.2. The first-order valence-electron chi connectivity index (χ1n) is 6.75. The number of benzene rings is 2. The van der Waals surface area contributed by atoms with Crippen LogP contribution < -0.4 is 5.32 Å². The Hall–Kier alpha value is -1.84. The molecule has 2 aromatic carbocycles. The molecule has 2 rings (SSSR count). The van der Waals surface area contributed by atoms with Crippen LogP contribution in [0.25, 0.3) is 0 Å². The summed E-state index contributed by atoms with van der Waals surface area (Å²) in [5.41, 5.74) is 0.914. The van der Waals surface area contributed by atoms with Gasteiger partial charge in [-0.05, 0) is 30.2 Å². The minimum Gasteiger partial charge on any atom is -0.394 e. The molecule has 0 aromatic heterocycles. The molecule has 0 saturated heterocycles. The largest absolute Gasteiger partial charge is 0.394 e. The van der Waals surface area contributed by atoms with E-state index < -0.39 is 5.54 Å². The van der Waals surface area contributed by atoms with Crippen molar-refractivity contribution in [3.05, 3.63) is 70.7 Å². The smallest absolute Gasteiger partial charge is 0.225 e. The van der Waals surface area contributed by atoms with Crippen LogP contribution in [-0.4, -0.2) is 17.6 Å². The lowest BCUT2D eigenvalue weighted by Crippen LogP contribution is -2.46. The zero-order valence-electron chi connectivity index (χ0n) is 11.8. The van der Waals surface area contributed by atoms with Crippen LogP contribution in [0.1, 0.15) is 18.1 Å². The van der Waals surface area contributed by atoms with Gasteiger partial charge < -0.3 is 10.4 Å². The maximum absolute atomic E-state index is 12.2. The zero-order valence-corrected chi connectivity index (χ0v) is 12.6. The summed E-state index contributed by atoms with van der Waals surface area (Å²) in [4.78, 5) is 12.2. The Balaban J connectivity index is 2.10. The molecule has 1 amide bonds. The van der Waals surface area contributed by atoms with Gasteiger partial charge in [-0.15, -0.1) is 0 Å². The fourth-order valence-corrected chi connectivity index (χ4v) is 2.41. The van der Waals surface area contributed by atoms with Crippen LogP contribution in [0, 0.1) is 0 Å². The minimum atomic E-state index is -0.795. The van der Waals surface area contributed by atoms with E-state index in [0.29, 0.717) is 5.02 Å². The quantitative estimate of drug-likeness (QED) is 0.892. The first-order valence-corrected chi connectivity index (χ1v) is 7.13. The number of carbonyl (C=O) groups is 1. The fraction of sp³-hybridized carbons (Fsp3) is 0.235. The summed E-state index contributed by atoms with van der Waals surface area (Å²) < 4.78 is 0. The molecular weight excluding hydrogens is 286 g/mol. The Morgan fingerprint density at radius 3 is 2.52 bits per heavy atom. The molecule has 1 atom stereocenters. The van der Waals surface area contributed by atoms with E-state index in [9.17, 15) is 9.90 Å². The Bertz CT molecular complexity index is 615. The van der Waals surface area contributed by atoms with Gasteiger partial charge in [0, 0.05) is 5.02 Å². The topological polar surface area (TPSA) is 49.3 Å². The molecule has 0 aliphatic rings. The second kappa shape index (κ2) is 6.74. The third kappa shape index (κ3) is 4.06. The van der Waals surface area contributed by atoms with Gasteiger partial charge in [0.1, 0.15) is 0 Å². The Kier molecular flexibility index (Phi) is 4.99. The van der Waals surface area contributed by atoms with Crippen molar-refractivity contribution in [3.63, 3.8) is 0 Å². The van der Waals surface area contributed by atoms with Crippen molar-refractivity contribution in [2.24, 2.45) is 0 Å². The van der Waals surface area contributed by atoms with Crippen LogP contribution in [0.5, 0.6) is 0 Å². The van der Waals surface area contributed by atoms with E-state index in [1.165, 1.54) is 0 Å². The number of halogens is 1. The predicted molar refractivity (Wildman–Crippen MR) is 84.2 cm³/mol. The lowest BCUT2D eigenvalue weighted by atomic mass is 9.92. The van der Waals surface area contributed by atoms with Crippen LogP contribution in [0.2, 0.25) is 5.02 Å². The van der Waals surface area contributed by atoms with E-state index in [1.54, 1.807) is 19.1 Å². The molecule has 0 heterocycles. The number of amides is 1. The number of rotatable bonds is 5. The monoisotopic (exact) mass is 303 g/mol. The van der Waals surface area contributed by atoms with Crippen molar-refractivity contribution in [2.75, 3.05) is 6.61 Å². The number of nitrogens with one attached hydrogen (secondary N) is 1. The second-order valence-corrected chi connectivity index (χ2v) is 5.65. The number of hydrogen-bond donors (Lipinski definition) is 2. The van der Waals surface area contributed by atoms with Gasteiger partial charge in [0.2, 0.25) is 5.91 Å². The number of aliphatic hydroxyl groups is 1. The Labute approximate surface area is 129 Å². The Morgan fingerprint density at radius 1 is 1.19 bits per heavy atom. The number of hydrogen-bond acceptors (Lipinski definition) is 2. The van der Waals surface area contributed by atoms with E-state index in [2.05, 4.69) is 5.32 Å². The molecule has 2 N–H and O–H groups in total. The zero-order chi connectivity index (χ0) is 15.3. The summed E-state index contributed by atoms with van der Waals surface area (Å²) in [5.74, 6) is -0.155. The predicted octanol–water partition coefficient (Wildman–Crippen LogP) is 2.91. The van der Waals surface area contributed by atoms with Crippen molar-refractivity contribution in [2.45, 2.75) is 18.9 Å². The average Bonchev–Trinajstić information content (AvgIpc) is 2.48. The molecule has 0 aliphatic heterocycles. The van der Waals surface area contributed by atoms with Gasteiger partial charge in [-0.25, -0.2) is 0 Å². The van der Waals surface area contributed by atoms with E-state index >= 15 is 0 Å². The van der Waals surface area contributed by atoms with Gasteiger partial charge in [0.25, 0.3) is 0 Å². The van der Waals surface area contributed by atoms with Gasteiger partial charge in [0.05, 0.1) is 18.6 Å². The summed E-state index contributed by atoms with van der Waals surface area (Å²) in [6, 6.07) is 16.6. The maximum Gasteiger partial charge on any atom is 0.225 e. The average molecular weight is 304 g/mol. The summed E-state index contributed by atoms with van der Waals surface area (Å²) >= 11 is 5.91. The summed E-state index contributed by atoms with van der Waals surface area (Å²) in [5, 5.41) is 13.2. The van der Waals surface area contributed by atoms with E-state index in [1.807, 2.05) is 42.5 Å². The van der Waals surface area contributed by atoms with Crippen LogP contribution in [0.15, 0.2) is 54.6 Å². The molecule has 0 saturated carbocycles. The third-order valence-corrected chi connectivity index (χ3v) is 3.63. The van der Waals surface area contributed by atoms with Crippen molar-refractivity contribution < 1.29 is 9.90 Å². The van der Waals surface area contributed by atoms with Gasteiger partial charge in [-0.1, -0.05) is 54.1 Å². The van der Waals surface area contributed by atoms with Crippen molar-refractivity contribution in [1.82, 2.24) is 5.32 Å². The lowest BCUT2D eigenvalue weighted by molar-refractivity contribution is -0.122. The van der Waals surface area contributed by atoms with E-state index in [4.69, 9.17) is 11.6 Å². The van der Waals surface area contributed by atoms with Crippen LogP contribution in [0.3, 0.4) is 0 Å². The van der Waals surface area contributed by atoms with Gasteiger partial charge >= 0.3 is 0 Å². The van der Waals surface area contributed by atoms with Crippen molar-refractivity contribution in [1.29, 1.82) is 0 Å². The molecule has 2 aromatic rings. The standard InChI is InChI=1S/C17H18ClNO2/c1-17(12-20,14-7-3-2-4-8-14)19-16(21)11-13-6-5-9-15(18)10-13/h2-10,20H,11-12H2,1H3,(H,19,21). The molecule has 0 spiro atoms. The van der Waals surface area contributed by atoms with Crippen molar-refractivity contribution >= 4 is 17.5 Å². The molecule has 21 heavy (non-hydrogen) atoms. The molecule has 1 unspecified atom stereocenters. The number of carbonyl (C=O) groups excluding carboxylic acids is 1. The van der Waals surface area contributed by atoms with Gasteiger partial charge in [-0.2, -0.15) is 0 Å². The lowest BCUT2D eigenvalue weighted by Gasteiger charge is -2.29.